The minimum absolute atomic E-state index is 0.166. The quantitative estimate of drug-likeness (QED) is 0.615. The van der Waals surface area contributed by atoms with Gasteiger partial charge in [0.15, 0.2) is 0 Å². The topological polar surface area (TPSA) is 105 Å². The second kappa shape index (κ2) is 7.60. The lowest BCUT2D eigenvalue weighted by molar-refractivity contribution is -0.144. The number of nitrogens with one attached hydrogen (secondary N) is 2. The lowest BCUT2D eigenvalue weighted by Crippen LogP contribution is -2.54. The molecule has 0 aromatic carbocycles. The molecule has 2 unspecified atom stereocenters. The van der Waals surface area contributed by atoms with Crippen molar-refractivity contribution in [2.24, 2.45) is 11.8 Å². The molecule has 0 saturated heterocycles. The van der Waals surface area contributed by atoms with Gasteiger partial charge in [0, 0.05) is 0 Å². The van der Waals surface area contributed by atoms with Crippen LogP contribution >= 0.6 is 0 Å². The van der Waals surface area contributed by atoms with E-state index >= 15 is 0 Å². The van der Waals surface area contributed by atoms with E-state index in [1.54, 1.807) is 27.7 Å². The highest BCUT2D eigenvalue weighted by Gasteiger charge is 2.28. The van der Waals surface area contributed by atoms with Crippen LogP contribution in [-0.2, 0) is 14.3 Å². The molecule has 2 amide bonds. The van der Waals surface area contributed by atoms with Crippen LogP contribution in [-0.4, -0.2) is 42.3 Å². The molecule has 0 aromatic rings. The van der Waals surface area contributed by atoms with Crippen molar-refractivity contribution < 1.29 is 24.2 Å². The number of hydrogen-bond donors (Lipinski definition) is 3. The number of methoxy groups -OCH3 is 1. The predicted octanol–water partition coefficient (Wildman–Crippen LogP) is 0.592. The zero-order valence-electron chi connectivity index (χ0n) is 11.9. The Morgan fingerprint density at radius 3 is 1.68 bits per heavy atom. The van der Waals surface area contributed by atoms with Crippen molar-refractivity contribution in [1.82, 2.24) is 10.6 Å². The van der Waals surface area contributed by atoms with Crippen molar-refractivity contribution in [3.05, 3.63) is 0 Å². The summed E-state index contributed by atoms with van der Waals surface area (Å²) in [6, 6.07) is -2.53. The Morgan fingerprint density at radius 2 is 1.37 bits per heavy atom. The Morgan fingerprint density at radius 1 is 0.947 bits per heavy atom. The molecule has 0 heterocycles. The van der Waals surface area contributed by atoms with E-state index in [4.69, 9.17) is 5.11 Å². The molecule has 2 atom stereocenters. The van der Waals surface area contributed by atoms with E-state index in [1.807, 2.05) is 0 Å². The van der Waals surface area contributed by atoms with Gasteiger partial charge >= 0.3 is 18.0 Å². The van der Waals surface area contributed by atoms with E-state index in [2.05, 4.69) is 15.4 Å². The summed E-state index contributed by atoms with van der Waals surface area (Å²) in [4.78, 5) is 34.1. The van der Waals surface area contributed by atoms with Crippen molar-refractivity contribution >= 4 is 18.0 Å². The zero-order chi connectivity index (χ0) is 15.2. The Hall–Kier alpha value is -1.79. The van der Waals surface area contributed by atoms with Gasteiger partial charge in [-0.05, 0) is 11.8 Å². The summed E-state index contributed by atoms with van der Waals surface area (Å²) in [5.74, 6) is -2.12. The normalized spacial score (nSPS) is 13.8. The summed E-state index contributed by atoms with van der Waals surface area (Å²) in [6.07, 6.45) is 0. The second-order valence-corrected chi connectivity index (χ2v) is 4.92. The van der Waals surface area contributed by atoms with Crippen LogP contribution < -0.4 is 10.6 Å². The second-order valence-electron chi connectivity index (χ2n) is 4.92. The Balaban J connectivity index is 4.66. The number of aliphatic carboxylic acids is 1. The summed E-state index contributed by atoms with van der Waals surface area (Å²) in [5, 5.41) is 13.7. The van der Waals surface area contributed by atoms with Gasteiger partial charge in [-0.2, -0.15) is 0 Å². The summed E-state index contributed by atoms with van der Waals surface area (Å²) >= 11 is 0. The fourth-order valence-corrected chi connectivity index (χ4v) is 1.46. The largest absolute Gasteiger partial charge is 0.480 e. The van der Waals surface area contributed by atoms with Gasteiger partial charge in [-0.25, -0.2) is 14.4 Å². The van der Waals surface area contributed by atoms with Crippen molar-refractivity contribution in [2.75, 3.05) is 7.11 Å². The maximum Gasteiger partial charge on any atom is 0.328 e. The molecule has 0 aliphatic heterocycles. The SMILES string of the molecule is COC(=O)C(NC(=O)NC(C(=O)O)C(C)C)C(C)C. The van der Waals surface area contributed by atoms with Crippen molar-refractivity contribution in [3.8, 4) is 0 Å². The number of carboxylic acids is 1. The van der Waals surface area contributed by atoms with Gasteiger partial charge in [-0.3, -0.25) is 0 Å². The predicted molar refractivity (Wildman–Crippen MR) is 68.6 cm³/mol. The summed E-state index contributed by atoms with van der Waals surface area (Å²) in [6.45, 7) is 6.86. The van der Waals surface area contributed by atoms with Gasteiger partial charge in [0.05, 0.1) is 7.11 Å². The maximum absolute atomic E-state index is 11.7. The zero-order valence-corrected chi connectivity index (χ0v) is 11.9. The molecular weight excluding hydrogens is 252 g/mol. The molecule has 7 heteroatoms. The first-order valence-electron chi connectivity index (χ1n) is 6.08. The van der Waals surface area contributed by atoms with E-state index in [0.717, 1.165) is 0 Å². The molecule has 7 nitrogen and oxygen atoms in total. The number of esters is 1. The lowest BCUT2D eigenvalue weighted by atomic mass is 10.0. The number of hydrogen-bond acceptors (Lipinski definition) is 4. The van der Waals surface area contributed by atoms with E-state index < -0.39 is 30.1 Å². The highest BCUT2D eigenvalue weighted by Crippen LogP contribution is 2.05. The third kappa shape index (κ3) is 5.58. The molecule has 0 aliphatic carbocycles. The minimum atomic E-state index is -1.12. The van der Waals surface area contributed by atoms with Gasteiger partial charge in [0.2, 0.25) is 0 Å². The van der Waals surface area contributed by atoms with Gasteiger partial charge in [-0.15, -0.1) is 0 Å². The van der Waals surface area contributed by atoms with Crippen LogP contribution in [0.4, 0.5) is 4.79 Å². The molecule has 0 rings (SSSR count). The van der Waals surface area contributed by atoms with Crippen LogP contribution in [0, 0.1) is 11.8 Å². The lowest BCUT2D eigenvalue weighted by Gasteiger charge is -2.23. The van der Waals surface area contributed by atoms with E-state index in [-0.39, 0.29) is 11.8 Å². The van der Waals surface area contributed by atoms with Crippen LogP contribution in [0.1, 0.15) is 27.7 Å². The molecule has 3 N–H and O–H groups in total. The minimum Gasteiger partial charge on any atom is -0.480 e. The van der Waals surface area contributed by atoms with E-state index in [0.29, 0.717) is 0 Å². The third-order valence-corrected chi connectivity index (χ3v) is 2.63. The van der Waals surface area contributed by atoms with E-state index in [9.17, 15) is 14.4 Å². The number of urea groups is 1. The third-order valence-electron chi connectivity index (χ3n) is 2.63. The summed E-state index contributed by atoms with van der Waals surface area (Å²) in [7, 11) is 1.23. The van der Waals surface area contributed by atoms with Crippen LogP contribution in [0.3, 0.4) is 0 Å². The molecule has 0 aliphatic rings. The first-order chi connectivity index (χ1) is 8.70. The molecule has 0 spiro atoms. The Labute approximate surface area is 112 Å². The van der Waals surface area contributed by atoms with Crippen LogP contribution in [0.2, 0.25) is 0 Å². The standard InChI is InChI=1S/C12H22N2O5/c1-6(2)8(10(15)16)13-12(18)14-9(7(3)4)11(17)19-5/h6-9H,1-5H3,(H,15,16)(H2,13,14,18). The van der Waals surface area contributed by atoms with Crippen LogP contribution in [0.5, 0.6) is 0 Å². The molecule has 19 heavy (non-hydrogen) atoms. The maximum atomic E-state index is 11.7. The number of ether oxygens (including phenoxy) is 1. The molecule has 0 bridgehead atoms. The fraction of sp³-hybridized carbons (Fsp3) is 0.750. The van der Waals surface area contributed by atoms with Gasteiger partial charge in [0.1, 0.15) is 12.1 Å². The first kappa shape index (κ1) is 17.2. The molecule has 0 saturated carbocycles. The molecule has 0 aromatic heterocycles. The molecule has 0 radical (unpaired) electrons. The highest BCUT2D eigenvalue weighted by atomic mass is 16.5. The molecule has 0 fully saturated rings. The summed E-state index contributed by atoms with van der Waals surface area (Å²) < 4.78 is 4.58. The average molecular weight is 274 g/mol. The number of carbonyl (C=O) groups is 3. The van der Waals surface area contributed by atoms with Crippen LogP contribution in [0.25, 0.3) is 0 Å². The number of carboxylic acid groups (broad SMARTS) is 1. The number of rotatable bonds is 6. The first-order valence-corrected chi connectivity index (χ1v) is 6.08. The Kier molecular flexibility index (Phi) is 6.89. The van der Waals surface area contributed by atoms with Gasteiger partial charge < -0.3 is 20.5 Å². The smallest absolute Gasteiger partial charge is 0.328 e. The number of amides is 2. The molecular formula is C12H22N2O5. The Bertz CT molecular complexity index is 341. The number of carbonyl (C=O) groups excluding carboxylic acids is 2. The van der Waals surface area contributed by atoms with E-state index in [1.165, 1.54) is 7.11 Å². The highest BCUT2D eigenvalue weighted by molar-refractivity contribution is 5.86. The van der Waals surface area contributed by atoms with Crippen LogP contribution in [0.15, 0.2) is 0 Å². The summed E-state index contributed by atoms with van der Waals surface area (Å²) in [5.41, 5.74) is 0. The van der Waals surface area contributed by atoms with Crippen molar-refractivity contribution in [2.45, 2.75) is 39.8 Å². The van der Waals surface area contributed by atoms with Gasteiger partial charge in [0.25, 0.3) is 0 Å². The average Bonchev–Trinajstić information content (AvgIpc) is 2.30. The van der Waals surface area contributed by atoms with Crippen molar-refractivity contribution in [3.63, 3.8) is 0 Å². The fourth-order valence-electron chi connectivity index (χ4n) is 1.46. The molecule has 110 valence electrons. The van der Waals surface area contributed by atoms with Crippen molar-refractivity contribution in [1.29, 1.82) is 0 Å². The van der Waals surface area contributed by atoms with Gasteiger partial charge in [-0.1, -0.05) is 27.7 Å². The monoisotopic (exact) mass is 274 g/mol.